The Morgan fingerprint density at radius 3 is 1.00 bits per heavy atom. The standard InChI is InChI=1S/C53H90O6/c1-4-7-10-13-16-19-22-23-24-25-26-27-28-29-32-35-38-41-44-47-53(56)59-50(48-57-51(54)45-42-39-36-33-30-20-17-14-11-8-5-2)49-58-52(55)46-43-40-37-34-31-21-18-15-12-9-6-3/h7,10,16,19,23-24,26-27,29,32,38,41,50H,4-6,8-9,11-15,17-18,20-22,25,28,30-31,33-37,39-40,42-49H2,1-3H3/b10-7-,19-16-,24-23-,27-26-,32-29-,41-38-. The van der Waals surface area contributed by atoms with Gasteiger partial charge in [-0.25, -0.2) is 0 Å². The Labute approximate surface area is 363 Å². The summed E-state index contributed by atoms with van der Waals surface area (Å²) in [7, 11) is 0. The van der Waals surface area contributed by atoms with E-state index in [1.165, 1.54) is 103 Å². The summed E-state index contributed by atoms with van der Waals surface area (Å²) in [6.45, 7) is 6.44. The maximum Gasteiger partial charge on any atom is 0.306 e. The van der Waals surface area contributed by atoms with Crippen molar-refractivity contribution < 1.29 is 28.6 Å². The Balaban J connectivity index is 4.49. The van der Waals surface area contributed by atoms with Crippen molar-refractivity contribution in [3.05, 3.63) is 72.9 Å². The Morgan fingerprint density at radius 1 is 0.356 bits per heavy atom. The molecule has 0 spiro atoms. The van der Waals surface area contributed by atoms with Gasteiger partial charge in [0.05, 0.1) is 0 Å². The summed E-state index contributed by atoms with van der Waals surface area (Å²) in [5.74, 6) is -0.989. The highest BCUT2D eigenvalue weighted by molar-refractivity contribution is 5.71. The first-order valence-electron chi connectivity index (χ1n) is 24.4. The highest BCUT2D eigenvalue weighted by Gasteiger charge is 2.19. The van der Waals surface area contributed by atoms with Crippen LogP contribution in [-0.4, -0.2) is 37.2 Å². The fourth-order valence-electron chi connectivity index (χ4n) is 6.58. The third-order valence-corrected chi connectivity index (χ3v) is 10.2. The second kappa shape index (κ2) is 47.5. The second-order valence-electron chi connectivity index (χ2n) is 16.0. The van der Waals surface area contributed by atoms with E-state index in [2.05, 4.69) is 81.5 Å². The Morgan fingerprint density at radius 2 is 0.661 bits per heavy atom. The number of carbonyl (C=O) groups excluding carboxylic acids is 3. The van der Waals surface area contributed by atoms with Crippen LogP contribution in [0, 0.1) is 0 Å². The first kappa shape index (κ1) is 55.9. The van der Waals surface area contributed by atoms with Crippen molar-refractivity contribution in [3.63, 3.8) is 0 Å². The molecule has 59 heavy (non-hydrogen) atoms. The van der Waals surface area contributed by atoms with E-state index in [1.807, 2.05) is 12.2 Å². The second-order valence-corrected chi connectivity index (χ2v) is 16.0. The van der Waals surface area contributed by atoms with Gasteiger partial charge in [0, 0.05) is 19.3 Å². The summed E-state index contributed by atoms with van der Waals surface area (Å²) >= 11 is 0. The molecule has 0 rings (SSSR count). The molecule has 0 atom stereocenters. The van der Waals surface area contributed by atoms with Gasteiger partial charge in [0.2, 0.25) is 0 Å². The lowest BCUT2D eigenvalue weighted by Gasteiger charge is -2.18. The molecule has 0 aliphatic heterocycles. The van der Waals surface area contributed by atoms with Crippen molar-refractivity contribution in [1.29, 1.82) is 0 Å². The molecule has 338 valence electrons. The summed E-state index contributed by atoms with van der Waals surface area (Å²) < 4.78 is 16.7. The zero-order valence-electron chi connectivity index (χ0n) is 38.5. The SMILES string of the molecule is CC/C=C\C/C=C\C/C=C\C/C=C\C/C=C\C/C=C\CCC(=O)OC(COC(=O)CCCCCCCCCCCCC)COC(=O)CCCCCCCCCCCCC. The maximum atomic E-state index is 12.7. The number of rotatable bonds is 43. The van der Waals surface area contributed by atoms with E-state index in [4.69, 9.17) is 14.2 Å². The molecule has 0 aliphatic rings. The summed E-state index contributed by atoms with van der Waals surface area (Å²) in [6, 6.07) is 0. The number of carbonyl (C=O) groups is 3. The van der Waals surface area contributed by atoms with Gasteiger partial charge in [0.25, 0.3) is 0 Å². The van der Waals surface area contributed by atoms with Crippen molar-refractivity contribution in [3.8, 4) is 0 Å². The van der Waals surface area contributed by atoms with Crippen molar-refractivity contribution in [1.82, 2.24) is 0 Å². The Bertz CT molecular complexity index is 1090. The first-order valence-corrected chi connectivity index (χ1v) is 24.4. The van der Waals surface area contributed by atoms with Gasteiger partial charge in [-0.05, 0) is 57.8 Å². The molecule has 0 aromatic carbocycles. The average Bonchev–Trinajstić information content (AvgIpc) is 3.23. The van der Waals surface area contributed by atoms with Crippen LogP contribution in [0.5, 0.6) is 0 Å². The summed E-state index contributed by atoms with van der Waals surface area (Å²) in [6.07, 6.45) is 58.9. The summed E-state index contributed by atoms with van der Waals surface area (Å²) in [5, 5.41) is 0. The molecule has 0 bridgehead atoms. The van der Waals surface area contributed by atoms with Crippen LogP contribution in [0.3, 0.4) is 0 Å². The normalized spacial score (nSPS) is 12.2. The molecule has 0 aliphatic carbocycles. The highest BCUT2D eigenvalue weighted by Crippen LogP contribution is 2.14. The third kappa shape index (κ3) is 45.8. The predicted molar refractivity (Wildman–Crippen MR) is 251 cm³/mol. The van der Waals surface area contributed by atoms with Crippen molar-refractivity contribution in [2.75, 3.05) is 13.2 Å². The molecule has 0 aromatic heterocycles. The molecule has 0 N–H and O–H groups in total. The molecular weight excluding hydrogens is 733 g/mol. The third-order valence-electron chi connectivity index (χ3n) is 10.2. The highest BCUT2D eigenvalue weighted by atomic mass is 16.6. The van der Waals surface area contributed by atoms with Gasteiger partial charge >= 0.3 is 17.9 Å². The quantitative estimate of drug-likeness (QED) is 0.0264. The van der Waals surface area contributed by atoms with Crippen LogP contribution < -0.4 is 0 Å². The van der Waals surface area contributed by atoms with E-state index in [9.17, 15) is 14.4 Å². The lowest BCUT2D eigenvalue weighted by Crippen LogP contribution is -2.30. The number of allylic oxidation sites excluding steroid dienone is 12. The molecule has 0 heterocycles. The van der Waals surface area contributed by atoms with Gasteiger partial charge in [-0.3, -0.25) is 14.4 Å². The molecule has 0 radical (unpaired) electrons. The minimum absolute atomic E-state index is 0.103. The van der Waals surface area contributed by atoms with Crippen molar-refractivity contribution >= 4 is 17.9 Å². The average molecular weight is 823 g/mol. The largest absolute Gasteiger partial charge is 0.462 e. The van der Waals surface area contributed by atoms with E-state index >= 15 is 0 Å². The van der Waals surface area contributed by atoms with E-state index in [0.29, 0.717) is 19.3 Å². The summed E-state index contributed by atoms with van der Waals surface area (Å²) in [5.41, 5.74) is 0. The van der Waals surface area contributed by atoms with Crippen LogP contribution in [0.1, 0.15) is 226 Å². The topological polar surface area (TPSA) is 78.9 Å². The Kier molecular flexibility index (Phi) is 45.0. The molecule has 0 fully saturated rings. The van der Waals surface area contributed by atoms with Crippen molar-refractivity contribution in [2.24, 2.45) is 0 Å². The van der Waals surface area contributed by atoms with Crippen LogP contribution in [0.15, 0.2) is 72.9 Å². The fraction of sp³-hybridized carbons (Fsp3) is 0.717. The Hall–Kier alpha value is -3.15. The lowest BCUT2D eigenvalue weighted by molar-refractivity contribution is -0.166. The first-order chi connectivity index (χ1) is 29.0. The van der Waals surface area contributed by atoms with E-state index in [0.717, 1.165) is 77.0 Å². The van der Waals surface area contributed by atoms with E-state index in [-0.39, 0.29) is 31.6 Å². The number of esters is 3. The van der Waals surface area contributed by atoms with Gasteiger partial charge in [0.15, 0.2) is 6.10 Å². The molecule has 0 amide bonds. The van der Waals surface area contributed by atoms with Gasteiger partial charge in [-0.15, -0.1) is 0 Å². The van der Waals surface area contributed by atoms with E-state index < -0.39 is 12.1 Å². The zero-order valence-corrected chi connectivity index (χ0v) is 38.5. The molecule has 0 unspecified atom stereocenters. The van der Waals surface area contributed by atoms with Gasteiger partial charge < -0.3 is 14.2 Å². The predicted octanol–water partition coefficient (Wildman–Crippen LogP) is 15.9. The fourth-order valence-corrected chi connectivity index (χ4v) is 6.58. The summed E-state index contributed by atoms with van der Waals surface area (Å²) in [4.78, 5) is 37.8. The molecular formula is C53H90O6. The number of hydrogen-bond donors (Lipinski definition) is 0. The lowest BCUT2D eigenvalue weighted by atomic mass is 10.1. The monoisotopic (exact) mass is 823 g/mol. The van der Waals surface area contributed by atoms with Crippen molar-refractivity contribution in [2.45, 2.75) is 232 Å². The zero-order chi connectivity index (χ0) is 43.0. The molecule has 0 saturated heterocycles. The smallest absolute Gasteiger partial charge is 0.306 e. The van der Waals surface area contributed by atoms with Crippen LogP contribution >= 0.6 is 0 Å². The molecule has 6 heteroatoms. The van der Waals surface area contributed by atoms with E-state index in [1.54, 1.807) is 0 Å². The van der Waals surface area contributed by atoms with Crippen LogP contribution in [0.25, 0.3) is 0 Å². The molecule has 0 saturated carbocycles. The molecule has 0 aromatic rings. The maximum absolute atomic E-state index is 12.7. The van der Waals surface area contributed by atoms with Gasteiger partial charge in [-0.2, -0.15) is 0 Å². The number of unbranched alkanes of at least 4 members (excludes halogenated alkanes) is 20. The van der Waals surface area contributed by atoms with Crippen LogP contribution in [-0.2, 0) is 28.6 Å². The molecule has 6 nitrogen and oxygen atoms in total. The minimum atomic E-state index is -0.810. The van der Waals surface area contributed by atoms with Gasteiger partial charge in [0.1, 0.15) is 13.2 Å². The van der Waals surface area contributed by atoms with Gasteiger partial charge in [-0.1, -0.05) is 222 Å². The minimum Gasteiger partial charge on any atom is -0.462 e. The van der Waals surface area contributed by atoms with Crippen LogP contribution in [0.4, 0.5) is 0 Å². The number of hydrogen-bond acceptors (Lipinski definition) is 6. The van der Waals surface area contributed by atoms with Crippen LogP contribution in [0.2, 0.25) is 0 Å². The number of ether oxygens (including phenoxy) is 3.